The van der Waals surface area contributed by atoms with Gasteiger partial charge in [0.05, 0.1) is 30.1 Å². The molecule has 0 spiro atoms. The number of alkyl halides is 2. The van der Waals surface area contributed by atoms with Gasteiger partial charge >= 0.3 is 0 Å². The molecular weight excluding hydrogens is 451 g/mol. The molecule has 0 aromatic heterocycles. The Labute approximate surface area is 207 Å². The number of aliphatic hydroxyl groups excluding tert-OH is 1. The second kappa shape index (κ2) is 12.0. The van der Waals surface area contributed by atoms with E-state index in [0.29, 0.717) is 31.5 Å². The minimum Gasteiger partial charge on any atom is -0.388 e. The minimum absolute atomic E-state index is 0.0129. The maximum Gasteiger partial charge on any atom is 0.0830 e. The van der Waals surface area contributed by atoms with Crippen LogP contribution in [0.15, 0.2) is 84.9 Å². The predicted molar refractivity (Wildman–Crippen MR) is 137 cm³/mol. The van der Waals surface area contributed by atoms with E-state index in [1.807, 2.05) is 48.5 Å². The van der Waals surface area contributed by atoms with Gasteiger partial charge in [0.1, 0.15) is 0 Å². The summed E-state index contributed by atoms with van der Waals surface area (Å²) in [5.74, 6) is 0.688. The van der Waals surface area contributed by atoms with Gasteiger partial charge in [0, 0.05) is 6.42 Å². The zero-order valence-corrected chi connectivity index (χ0v) is 20.3. The van der Waals surface area contributed by atoms with E-state index in [4.69, 9.17) is 27.9 Å². The van der Waals surface area contributed by atoms with Crippen LogP contribution < -0.4 is 0 Å². The molecule has 174 valence electrons. The first kappa shape index (κ1) is 24.3. The average Bonchev–Trinajstić information content (AvgIpc) is 3.11. The van der Waals surface area contributed by atoms with Crippen LogP contribution in [0.25, 0.3) is 0 Å². The molecule has 0 aliphatic heterocycles. The predicted octanol–water partition coefficient (Wildman–Crippen LogP) is 6.96. The van der Waals surface area contributed by atoms with E-state index < -0.39 is 6.10 Å². The van der Waals surface area contributed by atoms with E-state index in [-0.39, 0.29) is 10.8 Å². The monoisotopic (exact) mass is 482 g/mol. The number of ether oxygens (including phenoxy) is 1. The van der Waals surface area contributed by atoms with Gasteiger partial charge in [0.15, 0.2) is 0 Å². The van der Waals surface area contributed by atoms with Crippen molar-refractivity contribution in [3.63, 3.8) is 0 Å². The van der Waals surface area contributed by atoms with Gasteiger partial charge in [-0.3, -0.25) is 0 Å². The second-order valence-electron chi connectivity index (χ2n) is 9.11. The molecule has 3 aromatic rings. The van der Waals surface area contributed by atoms with Crippen molar-refractivity contribution in [3.05, 3.63) is 107 Å². The molecule has 0 bridgehead atoms. The first-order valence-electron chi connectivity index (χ1n) is 11.8. The summed E-state index contributed by atoms with van der Waals surface area (Å²) < 4.78 is 6.04. The molecule has 3 unspecified atom stereocenters. The third kappa shape index (κ3) is 6.83. The number of halogens is 2. The lowest BCUT2D eigenvalue weighted by Gasteiger charge is -2.22. The molecule has 1 aliphatic carbocycles. The molecule has 0 radical (unpaired) electrons. The smallest absolute Gasteiger partial charge is 0.0830 e. The molecule has 1 N–H and O–H groups in total. The lowest BCUT2D eigenvalue weighted by atomic mass is 9.89. The largest absolute Gasteiger partial charge is 0.388 e. The van der Waals surface area contributed by atoms with Crippen LogP contribution in [0.4, 0.5) is 0 Å². The first-order valence-corrected chi connectivity index (χ1v) is 12.7. The Hall–Kier alpha value is -1.84. The first-order chi connectivity index (χ1) is 16.1. The number of benzene rings is 3. The number of aliphatic hydroxyl groups is 1. The van der Waals surface area contributed by atoms with Crippen LogP contribution in [0.3, 0.4) is 0 Å². The standard InChI is InChI=1S/C29H32Cl2O2/c30-27-18-25(20-33-19-23-10-5-2-6-11-23)26(29(27)31)15-14-22-12-7-13-24(16-22)28(32)17-21-8-3-1-4-9-21/h1-13,16,25-29,32H,14-15,17-20H2/t25-,26-,27?,28?,29?/m1/s1. The maximum atomic E-state index is 10.7. The highest BCUT2D eigenvalue weighted by atomic mass is 35.5. The van der Waals surface area contributed by atoms with E-state index in [0.717, 1.165) is 30.4 Å². The molecule has 1 aliphatic rings. The molecule has 2 nitrogen and oxygen atoms in total. The Balaban J connectivity index is 1.33. The number of rotatable bonds is 10. The Bertz CT molecular complexity index is 979. The van der Waals surface area contributed by atoms with Crippen LogP contribution in [0.1, 0.15) is 41.2 Å². The highest BCUT2D eigenvalue weighted by molar-refractivity contribution is 6.30. The van der Waals surface area contributed by atoms with Crippen molar-refractivity contribution in [2.24, 2.45) is 11.8 Å². The third-order valence-corrected chi connectivity index (χ3v) is 7.91. The van der Waals surface area contributed by atoms with Crippen LogP contribution in [0.5, 0.6) is 0 Å². The molecule has 0 saturated heterocycles. The van der Waals surface area contributed by atoms with Crippen LogP contribution in [0, 0.1) is 11.8 Å². The number of hydrogen-bond acceptors (Lipinski definition) is 2. The molecule has 4 rings (SSSR count). The van der Waals surface area contributed by atoms with Crippen LogP contribution in [-0.2, 0) is 24.2 Å². The summed E-state index contributed by atoms with van der Waals surface area (Å²) in [4.78, 5) is 0. The summed E-state index contributed by atoms with van der Waals surface area (Å²) in [7, 11) is 0. The van der Waals surface area contributed by atoms with Crippen molar-refractivity contribution < 1.29 is 9.84 Å². The Kier molecular flexibility index (Phi) is 8.86. The van der Waals surface area contributed by atoms with E-state index in [1.165, 1.54) is 11.1 Å². The molecule has 3 aromatic carbocycles. The topological polar surface area (TPSA) is 29.5 Å². The lowest BCUT2D eigenvalue weighted by Crippen LogP contribution is -2.21. The summed E-state index contributed by atoms with van der Waals surface area (Å²) in [5.41, 5.74) is 4.51. The van der Waals surface area contributed by atoms with Crippen LogP contribution in [-0.4, -0.2) is 22.5 Å². The van der Waals surface area contributed by atoms with Crippen molar-refractivity contribution in [2.75, 3.05) is 6.61 Å². The summed E-state index contributed by atoms with van der Waals surface area (Å²) >= 11 is 13.3. The third-order valence-electron chi connectivity index (χ3n) is 6.71. The lowest BCUT2D eigenvalue weighted by molar-refractivity contribution is 0.0731. The molecule has 5 atom stereocenters. The Morgan fingerprint density at radius 2 is 1.52 bits per heavy atom. The Morgan fingerprint density at radius 1 is 0.848 bits per heavy atom. The van der Waals surface area contributed by atoms with E-state index >= 15 is 0 Å². The summed E-state index contributed by atoms with van der Waals surface area (Å²) in [5, 5.41) is 10.7. The number of hydrogen-bond donors (Lipinski definition) is 1. The maximum absolute atomic E-state index is 10.7. The summed E-state index contributed by atoms with van der Waals surface area (Å²) in [6.45, 7) is 1.30. The highest BCUT2D eigenvalue weighted by Gasteiger charge is 2.41. The highest BCUT2D eigenvalue weighted by Crippen LogP contribution is 2.42. The molecule has 33 heavy (non-hydrogen) atoms. The second-order valence-corrected chi connectivity index (χ2v) is 10.2. The van der Waals surface area contributed by atoms with Crippen LogP contribution in [0.2, 0.25) is 0 Å². The Morgan fingerprint density at radius 3 is 2.24 bits per heavy atom. The van der Waals surface area contributed by atoms with Gasteiger partial charge in [-0.15, -0.1) is 23.2 Å². The fraction of sp³-hybridized carbons (Fsp3) is 0.379. The van der Waals surface area contributed by atoms with Crippen molar-refractivity contribution >= 4 is 23.2 Å². The van der Waals surface area contributed by atoms with Gasteiger partial charge in [-0.1, -0.05) is 84.9 Å². The number of aryl methyl sites for hydroxylation is 1. The normalized spacial score (nSPS) is 23.5. The van der Waals surface area contributed by atoms with Crippen molar-refractivity contribution in [3.8, 4) is 0 Å². The fourth-order valence-electron chi connectivity index (χ4n) is 4.86. The van der Waals surface area contributed by atoms with Gasteiger partial charge in [0.2, 0.25) is 0 Å². The minimum atomic E-state index is -0.508. The van der Waals surface area contributed by atoms with Crippen LogP contribution >= 0.6 is 23.2 Å². The SMILES string of the molecule is OC(Cc1ccccc1)c1cccc(CC[C@H]2C(Cl)C(Cl)C[C@@H]2COCc2ccccc2)c1. The molecule has 0 amide bonds. The zero-order chi connectivity index (χ0) is 23.0. The van der Waals surface area contributed by atoms with Gasteiger partial charge in [-0.2, -0.15) is 0 Å². The zero-order valence-electron chi connectivity index (χ0n) is 18.8. The fourth-order valence-corrected chi connectivity index (χ4v) is 5.71. The van der Waals surface area contributed by atoms with Gasteiger partial charge in [-0.05, 0) is 53.4 Å². The quantitative estimate of drug-likeness (QED) is 0.316. The molecular formula is C29H32Cl2O2. The molecule has 0 heterocycles. The van der Waals surface area contributed by atoms with E-state index in [9.17, 15) is 5.11 Å². The van der Waals surface area contributed by atoms with E-state index in [2.05, 4.69) is 36.4 Å². The molecule has 1 fully saturated rings. The summed E-state index contributed by atoms with van der Waals surface area (Å²) in [6.07, 6.45) is 2.88. The van der Waals surface area contributed by atoms with Crippen molar-refractivity contribution in [1.82, 2.24) is 0 Å². The van der Waals surface area contributed by atoms with Crippen molar-refractivity contribution in [2.45, 2.75) is 49.1 Å². The van der Waals surface area contributed by atoms with Gasteiger partial charge in [-0.25, -0.2) is 0 Å². The average molecular weight is 483 g/mol. The molecule has 1 saturated carbocycles. The summed E-state index contributed by atoms with van der Waals surface area (Å²) in [6, 6.07) is 28.7. The van der Waals surface area contributed by atoms with Crippen molar-refractivity contribution in [1.29, 1.82) is 0 Å². The van der Waals surface area contributed by atoms with Gasteiger partial charge < -0.3 is 9.84 Å². The van der Waals surface area contributed by atoms with E-state index in [1.54, 1.807) is 0 Å². The molecule has 4 heteroatoms. The van der Waals surface area contributed by atoms with Gasteiger partial charge in [0.25, 0.3) is 0 Å².